The molecule has 5 atom stereocenters. The van der Waals surface area contributed by atoms with Gasteiger partial charge in [-0.05, 0) is 46.1 Å². The fourth-order valence-corrected chi connectivity index (χ4v) is 2.91. The van der Waals surface area contributed by atoms with Crippen LogP contribution < -0.4 is 5.32 Å². The summed E-state index contributed by atoms with van der Waals surface area (Å²) in [6.07, 6.45) is 10.2. The van der Waals surface area contributed by atoms with Crippen molar-refractivity contribution in [3.63, 3.8) is 0 Å². The summed E-state index contributed by atoms with van der Waals surface area (Å²) in [5, 5.41) is 32.6. The van der Waals surface area contributed by atoms with Crippen molar-refractivity contribution in [2.75, 3.05) is 0 Å². The minimum absolute atomic E-state index is 0.157. The van der Waals surface area contributed by atoms with Crippen molar-refractivity contribution in [2.24, 2.45) is 5.92 Å². The van der Waals surface area contributed by atoms with Crippen LogP contribution in [0.4, 0.5) is 0 Å². The number of amides is 1. The van der Waals surface area contributed by atoms with E-state index in [1.54, 1.807) is 50.3 Å². The third kappa shape index (κ3) is 9.03. The van der Waals surface area contributed by atoms with Gasteiger partial charge < -0.3 is 20.6 Å². The van der Waals surface area contributed by atoms with Gasteiger partial charge in [-0.15, -0.1) is 0 Å². The SMILES string of the molecule is CC1=C\CC(O)/C=C/C(C)=C/C(NC(=O)[C@H](C)O)C(C)C(=O)/C(C)=C/C[C@@H](O)\C=C\1. The van der Waals surface area contributed by atoms with Gasteiger partial charge in [0.15, 0.2) is 5.78 Å². The predicted octanol–water partition coefficient (Wildman–Crippen LogP) is 2.52. The van der Waals surface area contributed by atoms with Crippen molar-refractivity contribution >= 4 is 11.7 Å². The summed E-state index contributed by atoms with van der Waals surface area (Å²) in [4.78, 5) is 24.9. The fourth-order valence-electron chi connectivity index (χ4n) is 2.91. The Morgan fingerprint density at radius 3 is 2.13 bits per heavy atom. The number of carbonyl (C=O) groups excluding carboxylic acids is 2. The van der Waals surface area contributed by atoms with Crippen LogP contribution in [0.3, 0.4) is 0 Å². The number of nitrogens with one attached hydrogen (secondary N) is 1. The highest BCUT2D eigenvalue weighted by Crippen LogP contribution is 2.16. The Morgan fingerprint density at radius 2 is 1.57 bits per heavy atom. The first kappa shape index (κ1) is 25.8. The van der Waals surface area contributed by atoms with E-state index < -0.39 is 36.2 Å². The zero-order chi connectivity index (χ0) is 22.8. The molecule has 0 bridgehead atoms. The summed E-state index contributed by atoms with van der Waals surface area (Å²) in [6, 6.07) is -0.632. The van der Waals surface area contributed by atoms with Gasteiger partial charge in [-0.2, -0.15) is 0 Å². The monoisotopic (exact) mass is 417 g/mol. The highest BCUT2D eigenvalue weighted by atomic mass is 16.3. The molecule has 1 amide bonds. The molecule has 0 heterocycles. The second kappa shape index (κ2) is 12.4. The fraction of sp³-hybridized carbons (Fsp3) is 0.500. The maximum absolute atomic E-state index is 12.9. The molecule has 0 fully saturated rings. The Labute approximate surface area is 179 Å². The summed E-state index contributed by atoms with van der Waals surface area (Å²) >= 11 is 0. The summed E-state index contributed by atoms with van der Waals surface area (Å²) < 4.78 is 0. The van der Waals surface area contributed by atoms with Crippen LogP contribution in [0.1, 0.15) is 47.5 Å². The van der Waals surface area contributed by atoms with Crippen molar-refractivity contribution in [3.05, 3.63) is 59.3 Å². The Morgan fingerprint density at radius 1 is 1.03 bits per heavy atom. The number of carbonyl (C=O) groups is 2. The van der Waals surface area contributed by atoms with E-state index in [9.17, 15) is 24.9 Å². The molecule has 0 saturated carbocycles. The van der Waals surface area contributed by atoms with Crippen molar-refractivity contribution in [2.45, 2.75) is 71.8 Å². The molecule has 1 rings (SSSR count). The molecule has 30 heavy (non-hydrogen) atoms. The Balaban J connectivity index is 3.30. The normalized spacial score (nSPS) is 35.5. The Hall–Kier alpha value is -2.28. The molecule has 6 nitrogen and oxygen atoms in total. The molecule has 0 aromatic carbocycles. The standard InChI is InChI=1S/C24H35NO5/c1-15-6-10-20(27)12-8-16(2)14-22(25-24(30)19(5)26)18(4)23(29)17(3)9-13-21(28)11-7-15/h6-9,11-12,14,18-22,26-28H,10,13H2,1-5H3,(H,25,30)/b11-7+,12-8+,15-6+,16-14+,17-9+/t18?,19-,20?,21-,22?/m0/s1. The number of hydrogen-bond acceptors (Lipinski definition) is 5. The quantitative estimate of drug-likeness (QED) is 0.552. The number of ketones is 1. The van der Waals surface area contributed by atoms with Gasteiger partial charge in [0.2, 0.25) is 5.91 Å². The molecule has 166 valence electrons. The van der Waals surface area contributed by atoms with Gasteiger partial charge in [-0.3, -0.25) is 9.59 Å². The van der Waals surface area contributed by atoms with E-state index in [0.717, 1.165) is 11.1 Å². The highest BCUT2D eigenvalue weighted by molar-refractivity contribution is 5.97. The maximum Gasteiger partial charge on any atom is 0.249 e. The first-order valence-electron chi connectivity index (χ1n) is 10.3. The lowest BCUT2D eigenvalue weighted by Crippen LogP contribution is -2.45. The Kier molecular flexibility index (Phi) is 10.7. The van der Waals surface area contributed by atoms with E-state index in [0.29, 0.717) is 12.0 Å². The second-order valence-electron chi connectivity index (χ2n) is 7.93. The molecule has 1 aliphatic carbocycles. The van der Waals surface area contributed by atoms with Gasteiger partial charge >= 0.3 is 0 Å². The van der Waals surface area contributed by atoms with Gasteiger partial charge in [0.25, 0.3) is 0 Å². The smallest absolute Gasteiger partial charge is 0.249 e. The first-order chi connectivity index (χ1) is 14.0. The van der Waals surface area contributed by atoms with Crippen molar-refractivity contribution < 1.29 is 24.9 Å². The number of rotatable bonds is 2. The number of hydrogen-bond donors (Lipinski definition) is 4. The minimum atomic E-state index is -1.20. The van der Waals surface area contributed by atoms with E-state index in [1.165, 1.54) is 6.92 Å². The van der Waals surface area contributed by atoms with E-state index >= 15 is 0 Å². The van der Waals surface area contributed by atoms with Gasteiger partial charge in [-0.1, -0.05) is 60.6 Å². The third-order valence-electron chi connectivity index (χ3n) is 4.98. The lowest BCUT2D eigenvalue weighted by Gasteiger charge is -2.23. The first-order valence-corrected chi connectivity index (χ1v) is 10.3. The molecule has 6 heteroatoms. The van der Waals surface area contributed by atoms with E-state index in [-0.39, 0.29) is 12.2 Å². The molecule has 3 unspecified atom stereocenters. The average Bonchev–Trinajstić information content (AvgIpc) is 2.70. The molecule has 0 radical (unpaired) electrons. The molecular formula is C24H35NO5. The molecule has 1 aliphatic rings. The minimum Gasteiger partial charge on any atom is -0.389 e. The van der Waals surface area contributed by atoms with Crippen LogP contribution in [0.2, 0.25) is 0 Å². The number of allylic oxidation sites excluding steroid dienone is 5. The zero-order valence-corrected chi connectivity index (χ0v) is 18.5. The highest BCUT2D eigenvalue weighted by Gasteiger charge is 2.26. The zero-order valence-electron chi connectivity index (χ0n) is 18.5. The number of aliphatic hydroxyl groups is 3. The molecule has 4 N–H and O–H groups in total. The Bertz CT molecular complexity index is 758. The molecule has 0 aliphatic heterocycles. The summed E-state index contributed by atoms with van der Waals surface area (Å²) in [6.45, 7) is 8.48. The van der Waals surface area contributed by atoms with Crippen LogP contribution >= 0.6 is 0 Å². The van der Waals surface area contributed by atoms with E-state index in [2.05, 4.69) is 5.32 Å². The number of Topliss-reactive ketones (excluding diaryl/α,β-unsaturated/α-hetero) is 1. The molecule has 0 aromatic rings. The van der Waals surface area contributed by atoms with Crippen molar-refractivity contribution in [1.29, 1.82) is 0 Å². The number of aliphatic hydroxyl groups excluding tert-OH is 3. The molecule has 0 saturated heterocycles. The van der Waals surface area contributed by atoms with Crippen LogP contribution in [0.5, 0.6) is 0 Å². The third-order valence-corrected chi connectivity index (χ3v) is 4.98. The van der Waals surface area contributed by atoms with Gasteiger partial charge in [0, 0.05) is 5.92 Å². The lowest BCUT2D eigenvalue weighted by atomic mass is 9.90. The van der Waals surface area contributed by atoms with Crippen LogP contribution in [0, 0.1) is 5.92 Å². The largest absolute Gasteiger partial charge is 0.389 e. The van der Waals surface area contributed by atoms with E-state index in [1.807, 2.05) is 19.9 Å². The van der Waals surface area contributed by atoms with Crippen LogP contribution in [0.25, 0.3) is 0 Å². The van der Waals surface area contributed by atoms with Crippen molar-refractivity contribution in [3.8, 4) is 0 Å². The summed E-state index contributed by atoms with van der Waals surface area (Å²) in [7, 11) is 0. The summed E-state index contributed by atoms with van der Waals surface area (Å²) in [5.74, 6) is -1.30. The predicted molar refractivity (Wildman–Crippen MR) is 119 cm³/mol. The van der Waals surface area contributed by atoms with Gasteiger partial charge in [0.05, 0.1) is 18.2 Å². The maximum atomic E-state index is 12.9. The van der Waals surface area contributed by atoms with Crippen LogP contribution in [-0.2, 0) is 9.59 Å². The lowest BCUT2D eigenvalue weighted by molar-refractivity contribution is -0.129. The van der Waals surface area contributed by atoms with Gasteiger partial charge in [0.1, 0.15) is 6.10 Å². The molecule has 0 spiro atoms. The van der Waals surface area contributed by atoms with Crippen LogP contribution in [0.15, 0.2) is 59.3 Å². The van der Waals surface area contributed by atoms with Crippen molar-refractivity contribution in [1.82, 2.24) is 5.32 Å². The molecular weight excluding hydrogens is 382 g/mol. The van der Waals surface area contributed by atoms with Gasteiger partial charge in [-0.25, -0.2) is 0 Å². The van der Waals surface area contributed by atoms with Crippen LogP contribution in [-0.4, -0.2) is 51.4 Å². The molecule has 0 aromatic heterocycles. The topological polar surface area (TPSA) is 107 Å². The summed E-state index contributed by atoms with van der Waals surface area (Å²) in [5.41, 5.74) is 2.19. The second-order valence-corrected chi connectivity index (χ2v) is 7.93. The average molecular weight is 418 g/mol. The van der Waals surface area contributed by atoms with E-state index in [4.69, 9.17) is 0 Å².